The van der Waals surface area contributed by atoms with Gasteiger partial charge in [-0.05, 0) is 29.8 Å². The molecule has 0 atom stereocenters. The molecule has 244 valence electrons. The van der Waals surface area contributed by atoms with E-state index in [0.717, 1.165) is 0 Å². The molecular formula is C21H11F17O4S. The zero-order chi connectivity index (χ0) is 33.7. The minimum absolute atomic E-state index is 0.161. The van der Waals surface area contributed by atoms with Gasteiger partial charge in [0.05, 0.1) is 0 Å². The molecule has 0 N–H and O–H groups in total. The van der Waals surface area contributed by atoms with Crippen LogP contribution in [0.25, 0.3) is 0 Å². The van der Waals surface area contributed by atoms with E-state index in [4.69, 9.17) is 4.74 Å². The quantitative estimate of drug-likeness (QED) is 0.169. The summed E-state index contributed by atoms with van der Waals surface area (Å²) in [6.07, 6.45) is -7.91. The Bertz CT molecular complexity index is 1370. The van der Waals surface area contributed by atoms with E-state index in [1.54, 1.807) is 30.3 Å². The highest BCUT2D eigenvalue weighted by Gasteiger charge is 2.96. The second-order valence-electron chi connectivity index (χ2n) is 8.24. The van der Waals surface area contributed by atoms with Crippen molar-refractivity contribution >= 4 is 10.1 Å². The molecule has 0 aliphatic carbocycles. The minimum Gasteiger partial charge on any atom is -0.489 e. The predicted octanol–water partition coefficient (Wildman–Crippen LogP) is 7.94. The van der Waals surface area contributed by atoms with Crippen molar-refractivity contribution in [3.05, 3.63) is 60.2 Å². The minimum atomic E-state index is -8.92. The Labute approximate surface area is 228 Å². The van der Waals surface area contributed by atoms with Crippen LogP contribution < -0.4 is 8.92 Å². The number of hydrogen-bond donors (Lipinski definition) is 0. The summed E-state index contributed by atoms with van der Waals surface area (Å²) >= 11 is 0. The van der Waals surface area contributed by atoms with Crippen LogP contribution in [0.4, 0.5) is 74.6 Å². The molecule has 0 bridgehead atoms. The Balaban J connectivity index is 2.42. The largest absolute Gasteiger partial charge is 0.489 e. The van der Waals surface area contributed by atoms with Gasteiger partial charge in [-0.25, -0.2) is 0 Å². The zero-order valence-electron chi connectivity index (χ0n) is 19.9. The van der Waals surface area contributed by atoms with Crippen molar-refractivity contribution in [2.24, 2.45) is 0 Å². The molecule has 0 aromatic heterocycles. The third-order valence-corrected chi connectivity index (χ3v) is 6.58. The summed E-state index contributed by atoms with van der Waals surface area (Å²) in [5, 5.41) is -7.77. The molecule has 2 aromatic carbocycles. The van der Waals surface area contributed by atoms with Gasteiger partial charge in [0.2, 0.25) is 0 Å². The Morgan fingerprint density at radius 2 is 0.860 bits per heavy atom. The smallest absolute Gasteiger partial charge is 0.460 e. The Kier molecular flexibility index (Phi) is 9.00. The van der Waals surface area contributed by atoms with Gasteiger partial charge in [-0.2, -0.15) is 83.1 Å². The molecule has 0 saturated heterocycles. The Morgan fingerprint density at radius 3 is 1.28 bits per heavy atom. The SMILES string of the molecule is O=S(=O)(Oc1ccc(OCc2ccccc2)cc1)C(F)(F)C(F)(F)C(F)(F)C(F)(F)C(F)(F)C(F)(F)C(F)(F)C(F)(F)F. The predicted molar refractivity (Wildman–Crippen MR) is 107 cm³/mol. The summed E-state index contributed by atoms with van der Waals surface area (Å²) in [6.45, 7) is -0.161. The summed E-state index contributed by atoms with van der Waals surface area (Å²) in [5.41, 5.74) is 0.551. The van der Waals surface area contributed by atoms with E-state index in [1.807, 2.05) is 0 Å². The zero-order valence-corrected chi connectivity index (χ0v) is 20.7. The lowest BCUT2D eigenvalue weighted by atomic mass is 9.91. The topological polar surface area (TPSA) is 52.6 Å². The Morgan fingerprint density at radius 1 is 0.488 bits per heavy atom. The number of hydrogen-bond acceptors (Lipinski definition) is 4. The van der Waals surface area contributed by atoms with Gasteiger partial charge in [0.25, 0.3) is 0 Å². The van der Waals surface area contributed by atoms with Crippen molar-refractivity contribution in [2.75, 3.05) is 0 Å². The van der Waals surface area contributed by atoms with Gasteiger partial charge in [-0.1, -0.05) is 30.3 Å². The van der Waals surface area contributed by atoms with E-state index in [1.165, 1.54) is 0 Å². The summed E-state index contributed by atoms with van der Waals surface area (Å²) in [4.78, 5) is 0. The average Bonchev–Trinajstić information content (AvgIpc) is 2.87. The molecule has 0 fully saturated rings. The molecule has 0 aliphatic rings. The van der Waals surface area contributed by atoms with Crippen molar-refractivity contribution in [3.63, 3.8) is 0 Å². The van der Waals surface area contributed by atoms with Gasteiger partial charge < -0.3 is 8.92 Å². The molecule has 43 heavy (non-hydrogen) atoms. The van der Waals surface area contributed by atoms with Gasteiger partial charge in [-0.3, -0.25) is 0 Å². The highest BCUT2D eigenvalue weighted by molar-refractivity contribution is 7.88. The molecule has 4 nitrogen and oxygen atoms in total. The number of halogens is 17. The van der Waals surface area contributed by atoms with Crippen molar-refractivity contribution in [1.29, 1.82) is 0 Å². The lowest BCUT2D eigenvalue weighted by Crippen LogP contribution is -2.75. The van der Waals surface area contributed by atoms with E-state index in [-0.39, 0.29) is 12.4 Å². The van der Waals surface area contributed by atoms with Crippen LogP contribution in [0.2, 0.25) is 0 Å². The van der Waals surface area contributed by atoms with Crippen LogP contribution >= 0.6 is 0 Å². The monoisotopic (exact) mass is 682 g/mol. The van der Waals surface area contributed by atoms with Gasteiger partial charge in [0.1, 0.15) is 18.1 Å². The maximum absolute atomic E-state index is 14.1. The maximum Gasteiger partial charge on any atom is 0.460 e. The maximum atomic E-state index is 14.1. The third kappa shape index (κ3) is 5.61. The molecule has 0 spiro atoms. The fourth-order valence-corrected chi connectivity index (χ4v) is 3.73. The summed E-state index contributed by atoms with van der Waals surface area (Å²) < 4.78 is 259. The van der Waals surface area contributed by atoms with Gasteiger partial charge in [0, 0.05) is 0 Å². The number of rotatable bonds is 12. The van der Waals surface area contributed by atoms with Crippen LogP contribution in [0, 0.1) is 0 Å². The lowest BCUT2D eigenvalue weighted by molar-refractivity contribution is -0.458. The Hall–Kier alpha value is -3.20. The normalized spacial score (nSPS) is 14.9. The number of ether oxygens (including phenoxy) is 1. The third-order valence-electron chi connectivity index (χ3n) is 5.29. The van der Waals surface area contributed by atoms with Gasteiger partial charge >= 0.3 is 57.1 Å². The van der Waals surface area contributed by atoms with Crippen LogP contribution in [0.3, 0.4) is 0 Å². The second-order valence-corrected chi connectivity index (χ2v) is 9.83. The first-order valence-electron chi connectivity index (χ1n) is 10.4. The first-order valence-corrected chi connectivity index (χ1v) is 11.9. The number of alkyl halides is 17. The molecule has 0 saturated carbocycles. The van der Waals surface area contributed by atoms with E-state index in [9.17, 15) is 83.1 Å². The molecule has 2 aromatic rings. The van der Waals surface area contributed by atoms with Crippen molar-refractivity contribution < 1.29 is 92.0 Å². The summed E-state index contributed by atoms with van der Waals surface area (Å²) in [6, 6.07) is 10.0. The van der Waals surface area contributed by atoms with Gasteiger partial charge in [0.15, 0.2) is 0 Å². The van der Waals surface area contributed by atoms with Crippen LogP contribution in [-0.2, 0) is 16.7 Å². The van der Waals surface area contributed by atoms with Crippen LogP contribution in [0.5, 0.6) is 11.5 Å². The van der Waals surface area contributed by atoms with Gasteiger partial charge in [-0.15, -0.1) is 0 Å². The first-order chi connectivity index (χ1) is 19.0. The first kappa shape index (κ1) is 36.0. The highest BCUT2D eigenvalue weighted by Crippen LogP contribution is 2.64. The molecule has 0 amide bonds. The lowest BCUT2D eigenvalue weighted by Gasteiger charge is -2.42. The van der Waals surface area contributed by atoms with Crippen LogP contribution in [0.1, 0.15) is 5.56 Å². The molecule has 0 radical (unpaired) electrons. The standard InChI is InChI=1S/C21H11F17O4S/c22-14(23,16(26,27)18(30,31)20(34,35)36)15(24,25)17(28,29)19(32,33)21(37,38)43(39,40)42-13-8-6-12(7-9-13)41-10-11-4-2-1-3-5-11/h1-9H,10H2. The molecule has 22 heteroatoms. The van der Waals surface area contributed by atoms with E-state index >= 15 is 0 Å². The molecule has 0 aliphatic heterocycles. The fraction of sp³-hybridized carbons (Fsp3) is 0.429. The molecule has 0 unspecified atom stereocenters. The van der Waals surface area contributed by atoms with Crippen molar-refractivity contribution in [3.8, 4) is 11.5 Å². The van der Waals surface area contributed by atoms with Crippen molar-refractivity contribution in [1.82, 2.24) is 0 Å². The molecule has 0 heterocycles. The van der Waals surface area contributed by atoms with Crippen molar-refractivity contribution in [2.45, 2.75) is 53.6 Å². The summed E-state index contributed by atoms with van der Waals surface area (Å²) in [5.74, 6) is -53.7. The van der Waals surface area contributed by atoms with Crippen LogP contribution in [0.15, 0.2) is 54.6 Å². The van der Waals surface area contributed by atoms with E-state index in [0.29, 0.717) is 29.8 Å². The second kappa shape index (κ2) is 10.8. The summed E-state index contributed by atoms with van der Waals surface area (Å²) in [7, 11) is -7.71. The van der Waals surface area contributed by atoms with E-state index < -0.39 is 62.8 Å². The van der Waals surface area contributed by atoms with E-state index in [2.05, 4.69) is 4.18 Å². The average molecular weight is 682 g/mol. The number of benzene rings is 2. The molecule has 2 rings (SSSR count). The van der Waals surface area contributed by atoms with Crippen LogP contribution in [-0.4, -0.2) is 55.4 Å². The highest BCUT2D eigenvalue weighted by atomic mass is 32.2. The molecular weight excluding hydrogens is 671 g/mol. The fourth-order valence-electron chi connectivity index (χ4n) is 2.82.